The first kappa shape index (κ1) is 24.2. The molecule has 3 heterocycles. The number of aliphatic hydroxyl groups is 1. The second kappa shape index (κ2) is 9.51. The van der Waals surface area contributed by atoms with Gasteiger partial charge in [-0.15, -0.1) is 0 Å². The molecule has 1 aliphatic rings. The number of benzene rings is 2. The Balaban J connectivity index is 1.45. The molecular formula is C26H29F2N7O. The first-order chi connectivity index (χ1) is 17.2. The Kier molecular flexibility index (Phi) is 6.40. The number of hydrogen-bond donors (Lipinski definition) is 1. The number of nitrogens with zero attached hydrogens (tertiary/aromatic N) is 7. The summed E-state index contributed by atoms with van der Waals surface area (Å²) in [5.74, 6) is 0.308. The van der Waals surface area contributed by atoms with Gasteiger partial charge in [0.15, 0.2) is 5.82 Å². The molecule has 0 radical (unpaired) electrons. The van der Waals surface area contributed by atoms with Gasteiger partial charge in [-0.3, -0.25) is 4.90 Å². The van der Waals surface area contributed by atoms with Crippen molar-refractivity contribution in [1.82, 2.24) is 34.4 Å². The van der Waals surface area contributed by atoms with Crippen LogP contribution in [-0.2, 0) is 25.2 Å². The van der Waals surface area contributed by atoms with Crippen molar-refractivity contribution >= 4 is 0 Å². The average Bonchev–Trinajstić information content (AvgIpc) is 3.52. The second-order valence-electron chi connectivity index (χ2n) is 9.64. The fourth-order valence-corrected chi connectivity index (χ4v) is 4.79. The van der Waals surface area contributed by atoms with Crippen LogP contribution in [0.5, 0.6) is 0 Å². The summed E-state index contributed by atoms with van der Waals surface area (Å²) in [6, 6.07) is 10.9. The largest absolute Gasteiger partial charge is 0.381 e. The van der Waals surface area contributed by atoms with Crippen molar-refractivity contribution in [2.24, 2.45) is 0 Å². The van der Waals surface area contributed by atoms with E-state index >= 15 is 0 Å². The number of halogens is 2. The minimum atomic E-state index is -1.71. The molecule has 188 valence electrons. The van der Waals surface area contributed by atoms with Crippen LogP contribution < -0.4 is 0 Å². The van der Waals surface area contributed by atoms with Crippen LogP contribution in [0, 0.1) is 11.6 Å². The van der Waals surface area contributed by atoms with Gasteiger partial charge >= 0.3 is 0 Å². The molecule has 1 aliphatic heterocycles. The summed E-state index contributed by atoms with van der Waals surface area (Å²) >= 11 is 0. The van der Waals surface area contributed by atoms with Gasteiger partial charge in [0, 0.05) is 29.8 Å². The van der Waals surface area contributed by atoms with Crippen LogP contribution in [0.1, 0.15) is 43.6 Å². The van der Waals surface area contributed by atoms with Crippen LogP contribution in [0.25, 0.3) is 11.4 Å². The zero-order valence-electron chi connectivity index (χ0n) is 20.5. The van der Waals surface area contributed by atoms with Gasteiger partial charge in [-0.1, -0.05) is 38.1 Å². The molecule has 0 spiro atoms. The van der Waals surface area contributed by atoms with Crippen LogP contribution in [-0.4, -0.2) is 52.1 Å². The predicted molar refractivity (Wildman–Crippen MR) is 130 cm³/mol. The number of rotatable bonds is 7. The topological polar surface area (TPSA) is 84.9 Å². The molecule has 2 aromatic heterocycles. The van der Waals surface area contributed by atoms with Crippen LogP contribution in [0.4, 0.5) is 8.78 Å². The second-order valence-corrected chi connectivity index (χ2v) is 9.64. The molecule has 36 heavy (non-hydrogen) atoms. The van der Waals surface area contributed by atoms with E-state index in [0.29, 0.717) is 31.4 Å². The predicted octanol–water partition coefficient (Wildman–Crippen LogP) is 3.73. The summed E-state index contributed by atoms with van der Waals surface area (Å²) in [5.41, 5.74) is 0.473. The van der Waals surface area contributed by atoms with Crippen molar-refractivity contribution in [2.45, 2.75) is 58.0 Å². The lowest BCUT2D eigenvalue weighted by atomic mass is 9.85. The van der Waals surface area contributed by atoms with Crippen LogP contribution >= 0.6 is 0 Å². The molecule has 1 N–H and O–H groups in total. The summed E-state index contributed by atoms with van der Waals surface area (Å²) in [7, 11) is 0. The molecule has 0 fully saturated rings. The molecule has 0 bridgehead atoms. The zero-order valence-corrected chi connectivity index (χ0v) is 20.5. The Morgan fingerprint density at radius 3 is 2.64 bits per heavy atom. The Morgan fingerprint density at radius 2 is 1.92 bits per heavy atom. The van der Waals surface area contributed by atoms with E-state index in [4.69, 9.17) is 10.1 Å². The fraction of sp³-hybridized carbons (Fsp3) is 0.385. The quantitative estimate of drug-likeness (QED) is 0.422. The highest BCUT2D eigenvalue weighted by Crippen LogP contribution is 2.34. The maximum absolute atomic E-state index is 14.9. The highest BCUT2D eigenvalue weighted by molar-refractivity contribution is 5.56. The lowest BCUT2D eigenvalue weighted by molar-refractivity contribution is -0.0714. The van der Waals surface area contributed by atoms with Gasteiger partial charge in [0.1, 0.15) is 35.7 Å². The van der Waals surface area contributed by atoms with Gasteiger partial charge in [0.05, 0.1) is 19.6 Å². The Hall–Kier alpha value is -3.50. The Morgan fingerprint density at radius 1 is 1.08 bits per heavy atom. The normalized spacial score (nSPS) is 16.6. The van der Waals surface area contributed by atoms with Gasteiger partial charge in [-0.05, 0) is 30.5 Å². The van der Waals surface area contributed by atoms with Gasteiger partial charge in [-0.25, -0.2) is 28.1 Å². The molecule has 0 unspecified atom stereocenters. The van der Waals surface area contributed by atoms with E-state index in [1.165, 1.54) is 29.0 Å². The van der Waals surface area contributed by atoms with Gasteiger partial charge in [0.25, 0.3) is 0 Å². The van der Waals surface area contributed by atoms with Crippen molar-refractivity contribution in [2.75, 3.05) is 6.54 Å². The molecule has 0 aliphatic carbocycles. The summed E-state index contributed by atoms with van der Waals surface area (Å²) in [4.78, 5) is 10.8. The van der Waals surface area contributed by atoms with Crippen molar-refractivity contribution in [1.29, 1.82) is 0 Å². The highest BCUT2D eigenvalue weighted by atomic mass is 19.1. The third-order valence-electron chi connectivity index (χ3n) is 7.01. The molecule has 0 saturated carbocycles. The summed E-state index contributed by atoms with van der Waals surface area (Å²) in [6.45, 7) is 7.64. The maximum Gasteiger partial charge on any atom is 0.181 e. The van der Waals surface area contributed by atoms with Crippen molar-refractivity contribution < 1.29 is 13.9 Å². The summed E-state index contributed by atoms with van der Waals surface area (Å²) in [6.07, 6.45) is 2.81. The van der Waals surface area contributed by atoms with E-state index in [-0.39, 0.29) is 12.1 Å². The van der Waals surface area contributed by atoms with Crippen molar-refractivity contribution in [3.63, 3.8) is 0 Å². The fourth-order valence-electron chi connectivity index (χ4n) is 4.79. The highest BCUT2D eigenvalue weighted by Gasteiger charge is 2.43. The number of aromatic nitrogens is 6. The molecule has 2 atom stereocenters. The van der Waals surface area contributed by atoms with E-state index in [1.807, 2.05) is 28.6 Å². The van der Waals surface area contributed by atoms with E-state index < -0.39 is 23.3 Å². The minimum absolute atomic E-state index is 0.00475. The van der Waals surface area contributed by atoms with E-state index in [0.717, 1.165) is 23.5 Å². The number of fused-ring (bicyclic) bond motifs is 1. The third kappa shape index (κ3) is 4.54. The van der Waals surface area contributed by atoms with E-state index in [2.05, 4.69) is 36.1 Å². The first-order valence-electron chi connectivity index (χ1n) is 12.0. The average molecular weight is 494 g/mol. The molecule has 0 amide bonds. The Labute approximate surface area is 208 Å². The van der Waals surface area contributed by atoms with Crippen molar-refractivity contribution in [3.8, 4) is 11.4 Å². The molecule has 4 aromatic rings. The van der Waals surface area contributed by atoms with Gasteiger partial charge in [-0.2, -0.15) is 10.2 Å². The minimum Gasteiger partial charge on any atom is -0.381 e. The number of hydrogen-bond acceptors (Lipinski definition) is 6. The zero-order chi connectivity index (χ0) is 25.4. The summed E-state index contributed by atoms with van der Waals surface area (Å²) < 4.78 is 31.9. The molecule has 5 rings (SSSR count). The standard InChI is InChI=1S/C26H29F2N7O/c1-17(2)19-5-4-6-20(11-19)25-31-24-13-33(9-10-35(24)32-25)18(3)26(36,14-34-16-29-15-30-34)22-8-7-21(27)12-23(22)28/h4-8,11-12,15-18,36H,9-10,13-14H2,1-3H3/t18-,26-/m1/s1. The lowest BCUT2D eigenvalue weighted by Crippen LogP contribution is -2.53. The SMILES string of the molecule is CC(C)c1cccc(-c2nc3n(n2)CCN([C@H](C)[C@](O)(Cn2cncn2)c2ccc(F)cc2F)C3)c1. The molecule has 2 aromatic carbocycles. The van der Waals surface area contributed by atoms with Crippen LogP contribution in [0.15, 0.2) is 55.1 Å². The molecule has 8 nitrogen and oxygen atoms in total. The van der Waals surface area contributed by atoms with E-state index in [1.54, 1.807) is 0 Å². The van der Waals surface area contributed by atoms with E-state index in [9.17, 15) is 13.9 Å². The smallest absolute Gasteiger partial charge is 0.181 e. The Bertz CT molecular complexity index is 1350. The monoisotopic (exact) mass is 493 g/mol. The van der Waals surface area contributed by atoms with Crippen molar-refractivity contribution in [3.05, 3.63) is 83.7 Å². The lowest BCUT2D eigenvalue weighted by Gasteiger charge is -2.42. The summed E-state index contributed by atoms with van der Waals surface area (Å²) in [5, 5.41) is 20.7. The van der Waals surface area contributed by atoms with Gasteiger partial charge < -0.3 is 5.11 Å². The van der Waals surface area contributed by atoms with Gasteiger partial charge in [0.2, 0.25) is 0 Å². The molecule has 0 saturated heterocycles. The first-order valence-corrected chi connectivity index (χ1v) is 12.0. The third-order valence-corrected chi connectivity index (χ3v) is 7.01. The molecule has 10 heteroatoms. The van der Waals surface area contributed by atoms with Crippen LogP contribution in [0.3, 0.4) is 0 Å². The van der Waals surface area contributed by atoms with Crippen LogP contribution in [0.2, 0.25) is 0 Å². The maximum atomic E-state index is 14.9. The molecular weight excluding hydrogens is 464 g/mol.